The minimum atomic E-state index is -3.71. The molecule has 0 spiro atoms. The van der Waals surface area contributed by atoms with Crippen molar-refractivity contribution in [2.75, 3.05) is 25.3 Å². The minimum Gasteiger partial charge on any atom is -0.371 e. The normalized spacial score (nSPS) is 13.6. The fraction of sp³-hybridized carbons (Fsp3) is 0.333. The summed E-state index contributed by atoms with van der Waals surface area (Å²) in [6.45, 7) is 9.93. The van der Waals surface area contributed by atoms with E-state index in [1.807, 2.05) is 37.3 Å². The molecule has 13 heteroatoms. The highest BCUT2D eigenvalue weighted by Crippen LogP contribution is 2.49. The molecule has 0 amide bonds. The predicted octanol–water partition coefficient (Wildman–Crippen LogP) is 4.65. The van der Waals surface area contributed by atoms with Gasteiger partial charge in [-0.1, -0.05) is 61.5 Å². The highest BCUT2D eigenvalue weighted by atomic mass is 31.2. The summed E-state index contributed by atoms with van der Waals surface area (Å²) < 4.78 is 38.6. The van der Waals surface area contributed by atoms with Crippen molar-refractivity contribution >= 4 is 30.4 Å². The molecule has 4 aromatic rings. The molecule has 2 atom stereocenters. The SMILES string of the molecule is [C-]#[N+]c1ccc(COP(=O)(COCCn2cnc3c(=O)[nH]c(N)nc32)OCC(CC)OCc2ccccc2)cc1. The van der Waals surface area contributed by atoms with Gasteiger partial charge in [0, 0.05) is 6.54 Å². The van der Waals surface area contributed by atoms with E-state index in [1.165, 1.54) is 6.33 Å². The number of H-pyrrole nitrogens is 1. The van der Waals surface area contributed by atoms with Gasteiger partial charge in [0.1, 0.15) is 6.35 Å². The summed E-state index contributed by atoms with van der Waals surface area (Å²) in [4.78, 5) is 26.0. The zero-order valence-corrected chi connectivity index (χ0v) is 23.0. The van der Waals surface area contributed by atoms with Crippen LogP contribution in [0.3, 0.4) is 0 Å². The maximum atomic E-state index is 13.7. The summed E-state index contributed by atoms with van der Waals surface area (Å²) >= 11 is 0. The number of nitrogen functional groups attached to an aromatic ring is 1. The van der Waals surface area contributed by atoms with Crippen LogP contribution in [-0.4, -0.2) is 45.2 Å². The van der Waals surface area contributed by atoms with Gasteiger partial charge in [-0.2, -0.15) is 4.98 Å². The first-order valence-electron chi connectivity index (χ1n) is 12.7. The van der Waals surface area contributed by atoms with Gasteiger partial charge in [0.2, 0.25) is 5.95 Å². The van der Waals surface area contributed by atoms with E-state index in [1.54, 1.807) is 28.8 Å². The molecule has 2 unspecified atom stereocenters. The Bertz CT molecular complexity index is 1530. The van der Waals surface area contributed by atoms with Gasteiger partial charge in [0.25, 0.3) is 5.56 Å². The Morgan fingerprint density at radius 1 is 1.10 bits per heavy atom. The number of hydrogen-bond donors (Lipinski definition) is 2. The van der Waals surface area contributed by atoms with E-state index in [0.717, 1.165) is 11.1 Å². The van der Waals surface area contributed by atoms with Crippen LogP contribution in [0.25, 0.3) is 16.0 Å². The summed E-state index contributed by atoms with van der Waals surface area (Å²) in [6.07, 6.45) is 1.51. The molecule has 0 aliphatic rings. The summed E-state index contributed by atoms with van der Waals surface area (Å²) in [5.74, 6) is -0.0177. The van der Waals surface area contributed by atoms with Gasteiger partial charge in [0.15, 0.2) is 16.9 Å². The lowest BCUT2D eigenvalue weighted by Crippen LogP contribution is -2.19. The Balaban J connectivity index is 1.37. The number of nitrogens with one attached hydrogen (secondary N) is 1. The van der Waals surface area contributed by atoms with E-state index < -0.39 is 13.2 Å². The third kappa shape index (κ3) is 8.08. The predicted molar refractivity (Wildman–Crippen MR) is 150 cm³/mol. The maximum Gasteiger partial charge on any atom is 0.356 e. The van der Waals surface area contributed by atoms with E-state index in [2.05, 4.69) is 19.8 Å². The maximum absolute atomic E-state index is 13.7. The molecule has 4 rings (SSSR count). The number of nitrogens with two attached hydrogens (primary N) is 1. The molecule has 0 aliphatic carbocycles. The summed E-state index contributed by atoms with van der Waals surface area (Å²) in [5.41, 5.74) is 7.97. The minimum absolute atomic E-state index is 0.0126. The van der Waals surface area contributed by atoms with Gasteiger partial charge in [-0.15, -0.1) is 0 Å². The fourth-order valence-corrected chi connectivity index (χ4v) is 5.01. The van der Waals surface area contributed by atoms with E-state index in [0.29, 0.717) is 24.4 Å². The average Bonchev–Trinajstić information content (AvgIpc) is 3.38. The molecule has 12 nitrogen and oxygen atoms in total. The van der Waals surface area contributed by atoms with Crippen LogP contribution < -0.4 is 11.3 Å². The molecule has 210 valence electrons. The van der Waals surface area contributed by atoms with Crippen LogP contribution >= 0.6 is 7.60 Å². The zero-order valence-electron chi connectivity index (χ0n) is 22.1. The Labute approximate surface area is 231 Å². The number of nitrogens with zero attached hydrogens (tertiary/aromatic N) is 4. The first kappa shape index (κ1) is 29.1. The van der Waals surface area contributed by atoms with Crippen molar-refractivity contribution in [3.8, 4) is 0 Å². The standard InChI is InChI=1S/C27H31N6O6P/c1-3-23(37-15-20-7-5-4-6-8-20)17-39-40(35,38-16-21-9-11-22(29-2)12-10-21)19-36-14-13-33-18-30-24-25(33)31-27(28)32-26(24)34/h4-12,18,23H,3,13-17,19H2,1H3,(H3,28,31,32,34). The van der Waals surface area contributed by atoms with Crippen LogP contribution in [0.1, 0.15) is 24.5 Å². The smallest absolute Gasteiger partial charge is 0.356 e. The summed E-state index contributed by atoms with van der Waals surface area (Å²) in [7, 11) is -3.71. The van der Waals surface area contributed by atoms with Crippen LogP contribution in [0.5, 0.6) is 0 Å². The first-order chi connectivity index (χ1) is 19.4. The molecule has 0 fully saturated rings. The first-order valence-corrected chi connectivity index (χ1v) is 14.4. The lowest BCUT2D eigenvalue weighted by molar-refractivity contribution is 0.000172. The molecule has 3 N–H and O–H groups in total. The Morgan fingerprint density at radius 2 is 1.85 bits per heavy atom. The lowest BCUT2D eigenvalue weighted by Gasteiger charge is -2.22. The highest BCUT2D eigenvalue weighted by molar-refractivity contribution is 7.53. The van der Waals surface area contributed by atoms with E-state index in [9.17, 15) is 9.36 Å². The van der Waals surface area contributed by atoms with Crippen molar-refractivity contribution in [3.63, 3.8) is 0 Å². The number of ether oxygens (including phenoxy) is 2. The Kier molecular flexibility index (Phi) is 10.2. The number of rotatable bonds is 15. The number of aromatic amines is 1. The Hall–Kier alpha value is -3.85. The van der Waals surface area contributed by atoms with Crippen LogP contribution in [0, 0.1) is 6.57 Å². The quantitative estimate of drug-likeness (QED) is 0.119. The molecular weight excluding hydrogens is 535 g/mol. The van der Waals surface area contributed by atoms with Gasteiger partial charge < -0.3 is 28.8 Å². The van der Waals surface area contributed by atoms with Crippen molar-refractivity contribution in [1.29, 1.82) is 0 Å². The van der Waals surface area contributed by atoms with Gasteiger partial charge in [-0.3, -0.25) is 14.3 Å². The zero-order chi connectivity index (χ0) is 28.4. The summed E-state index contributed by atoms with van der Waals surface area (Å²) in [5, 5.41) is 0. The van der Waals surface area contributed by atoms with Crippen LogP contribution in [-0.2, 0) is 42.8 Å². The van der Waals surface area contributed by atoms with Gasteiger partial charge in [-0.25, -0.2) is 9.83 Å². The number of imidazole rings is 1. The molecule has 2 aromatic carbocycles. The molecule has 0 aliphatic heterocycles. The molecule has 0 radical (unpaired) electrons. The van der Waals surface area contributed by atoms with Crippen molar-refractivity contribution in [2.45, 2.75) is 39.2 Å². The molecule has 0 saturated carbocycles. The number of benzene rings is 2. The molecule has 0 bridgehead atoms. The van der Waals surface area contributed by atoms with Crippen molar-refractivity contribution < 1.29 is 23.1 Å². The third-order valence-corrected chi connectivity index (χ3v) is 7.52. The molecule has 0 saturated heterocycles. The van der Waals surface area contributed by atoms with Gasteiger partial charge in [-0.05, 0) is 17.5 Å². The van der Waals surface area contributed by atoms with Crippen LogP contribution in [0.4, 0.5) is 11.6 Å². The number of anilines is 1. The van der Waals surface area contributed by atoms with Gasteiger partial charge >= 0.3 is 7.60 Å². The topological polar surface area (TPSA) is 148 Å². The summed E-state index contributed by atoms with van der Waals surface area (Å²) in [6, 6.07) is 16.6. The number of fused-ring (bicyclic) bond motifs is 1. The van der Waals surface area contributed by atoms with Gasteiger partial charge in [0.05, 0.1) is 45.4 Å². The average molecular weight is 567 g/mol. The van der Waals surface area contributed by atoms with E-state index in [4.69, 9.17) is 30.8 Å². The molecule has 40 heavy (non-hydrogen) atoms. The van der Waals surface area contributed by atoms with Crippen LogP contribution in [0.2, 0.25) is 0 Å². The van der Waals surface area contributed by atoms with Crippen molar-refractivity contribution in [1.82, 2.24) is 19.5 Å². The third-order valence-electron chi connectivity index (χ3n) is 5.95. The molecule has 2 heterocycles. The second-order valence-corrected chi connectivity index (χ2v) is 10.9. The Morgan fingerprint density at radius 3 is 2.58 bits per heavy atom. The van der Waals surface area contributed by atoms with Crippen molar-refractivity contribution in [2.24, 2.45) is 0 Å². The second-order valence-electron chi connectivity index (χ2n) is 8.88. The second kappa shape index (κ2) is 14.0. The highest BCUT2D eigenvalue weighted by Gasteiger charge is 2.27. The van der Waals surface area contributed by atoms with Crippen molar-refractivity contribution in [3.05, 3.63) is 93.8 Å². The van der Waals surface area contributed by atoms with E-state index in [-0.39, 0.29) is 50.3 Å². The number of aromatic nitrogens is 4. The lowest BCUT2D eigenvalue weighted by atomic mass is 10.2. The molecular formula is C27H31N6O6P. The monoisotopic (exact) mass is 566 g/mol. The van der Waals surface area contributed by atoms with E-state index >= 15 is 0 Å². The molecule has 2 aromatic heterocycles. The van der Waals surface area contributed by atoms with Crippen LogP contribution in [0.15, 0.2) is 65.7 Å². The number of hydrogen-bond acceptors (Lipinski definition) is 9. The largest absolute Gasteiger partial charge is 0.371 e. The fourth-order valence-electron chi connectivity index (χ4n) is 3.69.